The molecule has 2 aromatic carbocycles. The normalized spacial score (nSPS) is 17.6. The van der Waals surface area contributed by atoms with Crippen molar-refractivity contribution in [3.05, 3.63) is 75.9 Å². The molecule has 3 heterocycles. The van der Waals surface area contributed by atoms with Crippen LogP contribution in [0.2, 0.25) is 0 Å². The quantitative estimate of drug-likeness (QED) is 0.278. The Morgan fingerprint density at radius 2 is 1.76 bits per heavy atom. The van der Waals surface area contributed by atoms with Crippen LogP contribution in [-0.2, 0) is 29.0 Å². The van der Waals surface area contributed by atoms with E-state index in [0.29, 0.717) is 23.6 Å². The second kappa shape index (κ2) is 12.7. The number of rotatable bonds is 8. The average molecular weight is 618 g/mol. The molecule has 0 amide bonds. The first-order valence-electron chi connectivity index (χ1n) is 16.0. The number of anilines is 1. The lowest BCUT2D eigenvalue weighted by molar-refractivity contribution is -0.160. The van der Waals surface area contributed by atoms with Crippen LogP contribution in [-0.4, -0.2) is 53.3 Å². The summed E-state index contributed by atoms with van der Waals surface area (Å²) in [7, 11) is 1.55. The number of piperidine rings is 1. The lowest BCUT2D eigenvalue weighted by Gasteiger charge is -2.41. The molecule has 1 saturated heterocycles. The van der Waals surface area contributed by atoms with Gasteiger partial charge in [0, 0.05) is 61.3 Å². The molecule has 0 radical (unpaired) electrons. The van der Waals surface area contributed by atoms with Crippen LogP contribution in [0.15, 0.2) is 36.4 Å². The van der Waals surface area contributed by atoms with Gasteiger partial charge in [0.1, 0.15) is 11.6 Å². The van der Waals surface area contributed by atoms with E-state index in [1.807, 2.05) is 40.7 Å². The van der Waals surface area contributed by atoms with Crippen LogP contribution in [0.3, 0.4) is 0 Å². The van der Waals surface area contributed by atoms with Crippen molar-refractivity contribution in [3.8, 4) is 16.9 Å². The van der Waals surface area contributed by atoms with Gasteiger partial charge in [-0.3, -0.25) is 9.88 Å². The topological polar surface area (TPSA) is 75.1 Å². The molecule has 1 N–H and O–H groups in total. The summed E-state index contributed by atoms with van der Waals surface area (Å²) in [5, 5.41) is 10.5. The van der Waals surface area contributed by atoms with Gasteiger partial charge >= 0.3 is 5.97 Å². The number of methoxy groups -OCH3 is 1. The van der Waals surface area contributed by atoms with Crippen molar-refractivity contribution in [3.63, 3.8) is 0 Å². The Morgan fingerprint density at radius 1 is 1.04 bits per heavy atom. The number of carboxylic acids is 1. The van der Waals surface area contributed by atoms with E-state index in [2.05, 4.69) is 41.8 Å². The molecule has 0 aliphatic carbocycles. The van der Waals surface area contributed by atoms with Crippen molar-refractivity contribution in [2.24, 2.45) is 5.41 Å². The fourth-order valence-electron chi connectivity index (χ4n) is 6.75. The second-order valence-corrected chi connectivity index (χ2v) is 14.5. The fraction of sp³-hybridized carbons (Fsp3) is 0.514. The highest BCUT2D eigenvalue weighted by atomic mass is 19.1. The summed E-state index contributed by atoms with van der Waals surface area (Å²) >= 11 is 0. The smallest absolute Gasteiger partial charge is 0.337 e. The number of aliphatic carboxylic acids is 1. The molecule has 8 heteroatoms. The molecule has 0 bridgehead atoms. The number of halogens is 1. The Hall–Kier alpha value is -3.49. The summed E-state index contributed by atoms with van der Waals surface area (Å²) in [5.74, 6) is -0.775. The molecule has 45 heavy (non-hydrogen) atoms. The maximum Gasteiger partial charge on any atom is 0.337 e. The number of carboxylic acid groups (broad SMARTS) is 1. The highest BCUT2D eigenvalue weighted by molar-refractivity contribution is 5.88. The number of carbonyl (C=O) groups is 1. The van der Waals surface area contributed by atoms with Crippen LogP contribution >= 0.6 is 0 Å². The molecule has 2 aliphatic heterocycles. The molecule has 1 atom stereocenters. The third kappa shape index (κ3) is 7.50. The molecule has 7 nitrogen and oxygen atoms in total. The largest absolute Gasteiger partial charge is 0.497 e. The third-order valence-electron chi connectivity index (χ3n) is 9.13. The number of aromatic nitrogens is 1. The van der Waals surface area contributed by atoms with Crippen molar-refractivity contribution >= 4 is 11.7 Å². The van der Waals surface area contributed by atoms with Gasteiger partial charge in [-0.1, -0.05) is 32.0 Å². The van der Waals surface area contributed by atoms with Gasteiger partial charge in [0.05, 0.1) is 18.4 Å². The maximum absolute atomic E-state index is 14.1. The van der Waals surface area contributed by atoms with Crippen LogP contribution in [0.5, 0.6) is 5.75 Å². The Kier molecular flexibility index (Phi) is 9.30. The van der Waals surface area contributed by atoms with E-state index in [-0.39, 0.29) is 11.2 Å². The van der Waals surface area contributed by atoms with Gasteiger partial charge in [-0.15, -0.1) is 0 Å². The minimum atomic E-state index is -1.14. The van der Waals surface area contributed by atoms with Gasteiger partial charge in [0.25, 0.3) is 0 Å². The van der Waals surface area contributed by atoms with E-state index in [0.717, 1.165) is 73.5 Å². The molecular formula is C37H48FN3O4. The molecule has 3 aromatic rings. The molecule has 2 aliphatic rings. The number of aryl methyl sites for hydroxylation is 2. The van der Waals surface area contributed by atoms with E-state index in [4.69, 9.17) is 14.5 Å². The Balaban J connectivity index is 1.55. The van der Waals surface area contributed by atoms with Crippen molar-refractivity contribution in [2.75, 3.05) is 31.6 Å². The van der Waals surface area contributed by atoms with Crippen LogP contribution < -0.4 is 9.64 Å². The Labute approximate surface area is 267 Å². The van der Waals surface area contributed by atoms with E-state index in [9.17, 15) is 14.3 Å². The molecular weight excluding hydrogens is 569 g/mol. The van der Waals surface area contributed by atoms with Crippen molar-refractivity contribution in [2.45, 2.75) is 92.5 Å². The molecule has 1 fully saturated rings. The summed E-state index contributed by atoms with van der Waals surface area (Å²) < 4.78 is 25.6. The molecule has 5 rings (SSSR count). The summed E-state index contributed by atoms with van der Waals surface area (Å²) in [5.41, 5.74) is 8.16. The number of nitrogens with zero attached hydrogens (tertiary/aromatic N) is 3. The Morgan fingerprint density at radius 3 is 2.40 bits per heavy atom. The third-order valence-corrected chi connectivity index (χ3v) is 9.13. The molecule has 0 spiro atoms. The van der Waals surface area contributed by atoms with Crippen molar-refractivity contribution < 1.29 is 23.8 Å². The zero-order valence-electron chi connectivity index (χ0n) is 28.1. The minimum Gasteiger partial charge on any atom is -0.497 e. The first kappa shape index (κ1) is 32.9. The summed E-state index contributed by atoms with van der Waals surface area (Å²) in [6.45, 7) is 18.1. The molecule has 1 aromatic heterocycles. The highest BCUT2D eigenvalue weighted by Gasteiger charge is 2.36. The van der Waals surface area contributed by atoms with Gasteiger partial charge in [-0.25, -0.2) is 9.18 Å². The first-order valence-corrected chi connectivity index (χ1v) is 16.0. The average Bonchev–Trinajstić information content (AvgIpc) is 2.95. The van der Waals surface area contributed by atoms with Crippen LogP contribution in [0, 0.1) is 25.1 Å². The van der Waals surface area contributed by atoms with Gasteiger partial charge in [-0.05, 0) is 93.7 Å². The standard InChI is InChI=1S/C37H48FN3O4/c1-23-31(27-9-10-28-22-40(14-11-26(28)19-27)21-25-17-29(38)20-30(18-25)44-8)33(41-15-12-37(6,7)13-16-41)32(24(2)39-23)34(35(42)43)45-36(3,4)5/h9-10,17-20,34H,11-16,21-22H2,1-8H3,(H,42,43). The summed E-state index contributed by atoms with van der Waals surface area (Å²) in [6, 6.07) is 11.5. The zero-order valence-corrected chi connectivity index (χ0v) is 28.1. The fourth-order valence-corrected chi connectivity index (χ4v) is 6.75. The van der Waals surface area contributed by atoms with E-state index in [1.165, 1.54) is 17.2 Å². The molecule has 0 saturated carbocycles. The Bertz CT molecular complexity index is 1570. The van der Waals surface area contributed by atoms with Gasteiger partial charge in [0.15, 0.2) is 6.10 Å². The molecule has 242 valence electrons. The van der Waals surface area contributed by atoms with E-state index < -0.39 is 17.7 Å². The second-order valence-electron chi connectivity index (χ2n) is 14.5. The summed E-state index contributed by atoms with van der Waals surface area (Å²) in [4.78, 5) is 22.4. The SMILES string of the molecule is COc1cc(F)cc(CN2CCc3cc(-c4c(C)nc(C)c(C(OC(C)(C)C)C(=O)O)c4N4CCC(C)(C)CC4)ccc3C2)c1. The summed E-state index contributed by atoms with van der Waals surface area (Å²) in [6.07, 6.45) is 1.75. The zero-order chi connectivity index (χ0) is 32.7. The van der Waals surface area contributed by atoms with Gasteiger partial charge in [0.2, 0.25) is 0 Å². The van der Waals surface area contributed by atoms with Crippen LogP contribution in [0.4, 0.5) is 10.1 Å². The minimum absolute atomic E-state index is 0.233. The molecule has 1 unspecified atom stereocenters. The number of hydrogen-bond acceptors (Lipinski definition) is 6. The van der Waals surface area contributed by atoms with E-state index in [1.54, 1.807) is 13.2 Å². The van der Waals surface area contributed by atoms with Crippen LogP contribution in [0.25, 0.3) is 11.1 Å². The lowest BCUT2D eigenvalue weighted by atomic mass is 9.81. The number of pyridine rings is 1. The first-order chi connectivity index (χ1) is 21.1. The maximum atomic E-state index is 14.1. The number of hydrogen-bond donors (Lipinski definition) is 1. The van der Waals surface area contributed by atoms with Crippen molar-refractivity contribution in [1.29, 1.82) is 0 Å². The van der Waals surface area contributed by atoms with Crippen LogP contribution in [0.1, 0.15) is 87.2 Å². The van der Waals surface area contributed by atoms with Crippen molar-refractivity contribution in [1.82, 2.24) is 9.88 Å². The lowest BCUT2D eigenvalue weighted by Crippen LogP contribution is -2.39. The van der Waals surface area contributed by atoms with E-state index >= 15 is 0 Å². The van der Waals surface area contributed by atoms with Gasteiger partial charge in [-0.2, -0.15) is 0 Å². The highest BCUT2D eigenvalue weighted by Crippen LogP contribution is 2.45. The van der Waals surface area contributed by atoms with Gasteiger partial charge < -0.3 is 19.5 Å². The predicted octanol–water partition coefficient (Wildman–Crippen LogP) is 7.64. The predicted molar refractivity (Wildman–Crippen MR) is 176 cm³/mol. The number of ether oxygens (including phenoxy) is 2. The number of fused-ring (bicyclic) bond motifs is 1. The monoisotopic (exact) mass is 617 g/mol. The number of benzene rings is 2.